The Bertz CT molecular complexity index is 807. The van der Waals surface area contributed by atoms with Crippen LogP contribution in [0.5, 0.6) is 0 Å². The van der Waals surface area contributed by atoms with Gasteiger partial charge in [-0.15, -0.1) is 5.10 Å². The Hall–Kier alpha value is -2.79. The van der Waals surface area contributed by atoms with Crippen LogP contribution in [0.4, 0.5) is 5.95 Å². The van der Waals surface area contributed by atoms with E-state index in [9.17, 15) is 0 Å². The lowest BCUT2D eigenvalue weighted by atomic mass is 10.2. The Labute approximate surface area is 147 Å². The van der Waals surface area contributed by atoms with Gasteiger partial charge in [-0.3, -0.25) is 4.90 Å². The first kappa shape index (κ1) is 15.7. The van der Waals surface area contributed by atoms with Gasteiger partial charge in [-0.2, -0.15) is 5.10 Å². The fourth-order valence-corrected chi connectivity index (χ4v) is 3.23. The molecule has 1 aliphatic heterocycles. The summed E-state index contributed by atoms with van der Waals surface area (Å²) in [6.07, 6.45) is 2.79. The minimum atomic E-state index is 0.358. The van der Waals surface area contributed by atoms with E-state index >= 15 is 0 Å². The molecule has 1 aliphatic rings. The molecule has 2 aromatic carbocycles. The molecule has 0 radical (unpaired) electrons. The van der Waals surface area contributed by atoms with Crippen molar-refractivity contribution < 1.29 is 0 Å². The number of hydrogen-bond donors (Lipinski definition) is 1. The predicted octanol–water partition coefficient (Wildman–Crippen LogP) is 3.23. The first-order chi connectivity index (χ1) is 12.4. The third-order valence-electron chi connectivity index (χ3n) is 4.48. The number of nitrogens with zero attached hydrogens (tertiary/aromatic N) is 4. The molecule has 0 amide bonds. The summed E-state index contributed by atoms with van der Waals surface area (Å²) in [4.78, 5) is 7.07. The number of nitrogens with one attached hydrogen (secondary N) is 1. The van der Waals surface area contributed by atoms with Crippen LogP contribution in [0.15, 0.2) is 66.9 Å². The van der Waals surface area contributed by atoms with Crippen LogP contribution in [0.2, 0.25) is 0 Å². The Kier molecular flexibility index (Phi) is 4.65. The second kappa shape index (κ2) is 7.40. The molecule has 4 rings (SSSR count). The first-order valence-electron chi connectivity index (χ1n) is 8.65. The highest BCUT2D eigenvalue weighted by Crippen LogP contribution is 2.19. The molecule has 1 unspecified atom stereocenters. The molecule has 1 fully saturated rings. The van der Waals surface area contributed by atoms with Crippen LogP contribution in [0.25, 0.3) is 11.3 Å². The van der Waals surface area contributed by atoms with E-state index in [0.717, 1.165) is 37.3 Å². The molecule has 25 heavy (non-hydrogen) atoms. The summed E-state index contributed by atoms with van der Waals surface area (Å²) < 4.78 is 0. The largest absolute Gasteiger partial charge is 0.349 e. The second-order valence-corrected chi connectivity index (χ2v) is 6.38. The maximum Gasteiger partial charge on any atom is 0.243 e. The van der Waals surface area contributed by atoms with Crippen LogP contribution < -0.4 is 5.32 Å². The van der Waals surface area contributed by atoms with E-state index in [2.05, 4.69) is 55.7 Å². The van der Waals surface area contributed by atoms with Crippen molar-refractivity contribution in [3.05, 3.63) is 72.4 Å². The molecule has 1 N–H and O–H groups in total. The van der Waals surface area contributed by atoms with E-state index < -0.39 is 0 Å². The van der Waals surface area contributed by atoms with Crippen LogP contribution in [-0.2, 0) is 6.54 Å². The third-order valence-corrected chi connectivity index (χ3v) is 4.48. The zero-order chi connectivity index (χ0) is 16.9. The minimum Gasteiger partial charge on any atom is -0.349 e. The molecular weight excluding hydrogens is 310 g/mol. The lowest BCUT2D eigenvalue weighted by Crippen LogP contribution is -2.26. The molecule has 5 heteroatoms. The Balaban J connectivity index is 1.38. The summed E-state index contributed by atoms with van der Waals surface area (Å²) in [5.41, 5.74) is 3.25. The fraction of sp³-hybridized carbons (Fsp3) is 0.250. The zero-order valence-corrected chi connectivity index (χ0v) is 14.0. The molecule has 2 heterocycles. The summed E-state index contributed by atoms with van der Waals surface area (Å²) in [6, 6.07) is 21.0. The third kappa shape index (κ3) is 4.00. The van der Waals surface area contributed by atoms with Crippen LogP contribution in [0, 0.1) is 0 Å². The van der Waals surface area contributed by atoms with Gasteiger partial charge in [0.05, 0.1) is 11.9 Å². The van der Waals surface area contributed by atoms with E-state index in [1.807, 2.05) is 30.3 Å². The summed E-state index contributed by atoms with van der Waals surface area (Å²) in [5, 5.41) is 11.7. The Morgan fingerprint density at radius 2 is 1.76 bits per heavy atom. The zero-order valence-electron chi connectivity index (χ0n) is 14.0. The molecule has 1 atom stereocenters. The van der Waals surface area contributed by atoms with E-state index in [-0.39, 0.29) is 0 Å². The number of benzene rings is 2. The number of aromatic nitrogens is 3. The minimum absolute atomic E-state index is 0.358. The van der Waals surface area contributed by atoms with Crippen LogP contribution in [0.3, 0.4) is 0 Å². The molecular formula is C20H21N5. The van der Waals surface area contributed by atoms with Crippen molar-refractivity contribution in [1.29, 1.82) is 0 Å². The molecule has 5 nitrogen and oxygen atoms in total. The standard InChI is InChI=1S/C20H21N5/c1-3-7-16(8-4-1)14-25-12-11-18(15-25)22-20-23-19(13-21-24-20)17-9-5-2-6-10-17/h1-10,13,18H,11-12,14-15H2,(H,22,23,24). The smallest absolute Gasteiger partial charge is 0.243 e. The highest BCUT2D eigenvalue weighted by Gasteiger charge is 2.23. The molecule has 0 spiro atoms. The molecule has 1 aromatic heterocycles. The molecule has 126 valence electrons. The van der Waals surface area contributed by atoms with Gasteiger partial charge in [0.2, 0.25) is 5.95 Å². The highest BCUT2D eigenvalue weighted by molar-refractivity contribution is 5.58. The van der Waals surface area contributed by atoms with Crippen molar-refractivity contribution in [3.8, 4) is 11.3 Å². The van der Waals surface area contributed by atoms with Crippen molar-refractivity contribution in [1.82, 2.24) is 20.1 Å². The summed E-state index contributed by atoms with van der Waals surface area (Å²) >= 11 is 0. The van der Waals surface area contributed by atoms with Gasteiger partial charge < -0.3 is 5.32 Å². The predicted molar refractivity (Wildman–Crippen MR) is 99.0 cm³/mol. The summed E-state index contributed by atoms with van der Waals surface area (Å²) in [7, 11) is 0. The van der Waals surface area contributed by atoms with E-state index in [0.29, 0.717) is 12.0 Å². The normalized spacial score (nSPS) is 17.5. The van der Waals surface area contributed by atoms with Gasteiger partial charge in [0, 0.05) is 31.2 Å². The maximum atomic E-state index is 4.61. The summed E-state index contributed by atoms with van der Waals surface area (Å²) in [6.45, 7) is 3.06. The lowest BCUT2D eigenvalue weighted by Gasteiger charge is -2.16. The van der Waals surface area contributed by atoms with Crippen molar-refractivity contribution in [3.63, 3.8) is 0 Å². The van der Waals surface area contributed by atoms with Gasteiger partial charge in [-0.05, 0) is 12.0 Å². The maximum absolute atomic E-state index is 4.61. The molecule has 3 aromatic rings. The van der Waals surface area contributed by atoms with Crippen molar-refractivity contribution in [2.24, 2.45) is 0 Å². The topological polar surface area (TPSA) is 53.9 Å². The Morgan fingerprint density at radius 1 is 1.00 bits per heavy atom. The van der Waals surface area contributed by atoms with Crippen LogP contribution in [0.1, 0.15) is 12.0 Å². The van der Waals surface area contributed by atoms with Gasteiger partial charge >= 0.3 is 0 Å². The number of anilines is 1. The van der Waals surface area contributed by atoms with Gasteiger partial charge in [0.15, 0.2) is 0 Å². The average molecular weight is 331 g/mol. The molecule has 1 saturated heterocycles. The quantitative estimate of drug-likeness (QED) is 0.778. The number of rotatable bonds is 5. The van der Waals surface area contributed by atoms with Crippen molar-refractivity contribution in [2.75, 3.05) is 18.4 Å². The van der Waals surface area contributed by atoms with Crippen molar-refractivity contribution >= 4 is 5.95 Å². The lowest BCUT2D eigenvalue weighted by molar-refractivity contribution is 0.328. The average Bonchev–Trinajstić information content (AvgIpc) is 3.10. The summed E-state index contributed by atoms with van der Waals surface area (Å²) in [5.74, 6) is 0.605. The van der Waals surface area contributed by atoms with Crippen LogP contribution in [-0.4, -0.2) is 39.2 Å². The first-order valence-corrected chi connectivity index (χ1v) is 8.65. The molecule has 0 bridgehead atoms. The van der Waals surface area contributed by atoms with E-state index in [1.165, 1.54) is 5.56 Å². The van der Waals surface area contributed by atoms with Gasteiger partial charge in [-0.25, -0.2) is 4.98 Å². The highest BCUT2D eigenvalue weighted by atomic mass is 15.3. The number of likely N-dealkylation sites (tertiary alicyclic amines) is 1. The molecule has 0 aliphatic carbocycles. The monoisotopic (exact) mass is 331 g/mol. The Morgan fingerprint density at radius 3 is 2.56 bits per heavy atom. The second-order valence-electron chi connectivity index (χ2n) is 6.38. The van der Waals surface area contributed by atoms with Crippen LogP contribution >= 0.6 is 0 Å². The fourth-order valence-electron chi connectivity index (χ4n) is 3.23. The van der Waals surface area contributed by atoms with Gasteiger partial charge in [-0.1, -0.05) is 60.7 Å². The van der Waals surface area contributed by atoms with E-state index in [1.54, 1.807) is 6.20 Å². The number of hydrogen-bond acceptors (Lipinski definition) is 5. The molecule has 0 saturated carbocycles. The van der Waals surface area contributed by atoms with Crippen molar-refractivity contribution in [2.45, 2.75) is 19.0 Å². The van der Waals surface area contributed by atoms with E-state index in [4.69, 9.17) is 0 Å². The SMILES string of the molecule is c1ccc(CN2CCC(Nc3nncc(-c4ccccc4)n3)C2)cc1. The van der Waals surface area contributed by atoms with Gasteiger partial charge in [0.1, 0.15) is 0 Å². The van der Waals surface area contributed by atoms with Gasteiger partial charge in [0.25, 0.3) is 0 Å².